The molecule has 1 heterocycles. The van der Waals surface area contributed by atoms with Crippen LogP contribution in [-0.4, -0.2) is 4.57 Å². The number of benzene rings is 4. The molecule has 0 bridgehead atoms. The molecule has 0 unspecified atom stereocenters. The summed E-state index contributed by atoms with van der Waals surface area (Å²) >= 11 is 0. The fraction of sp³-hybridized carbons (Fsp3) is 0.0769. The molecule has 1 N–H and O–H groups in total. The van der Waals surface area contributed by atoms with E-state index >= 15 is 0 Å². The lowest BCUT2D eigenvalue weighted by Crippen LogP contribution is -2.12. The summed E-state index contributed by atoms with van der Waals surface area (Å²) in [6, 6.07) is 36.6. The molecular weight excluding hydrogens is 340 g/mol. The molecule has 136 valence electrons. The van der Waals surface area contributed by atoms with Gasteiger partial charge in [0.1, 0.15) is 0 Å². The molecule has 0 atom stereocenters. The number of hydrogen-bond donors (Lipinski definition) is 1. The van der Waals surface area contributed by atoms with E-state index in [-0.39, 0.29) is 0 Å². The summed E-state index contributed by atoms with van der Waals surface area (Å²) in [5.74, 6) is 0. The summed E-state index contributed by atoms with van der Waals surface area (Å²) in [4.78, 5) is 0. The van der Waals surface area contributed by atoms with Crippen LogP contribution in [-0.2, 0) is 13.1 Å². The Kier molecular flexibility index (Phi) is 4.40. The van der Waals surface area contributed by atoms with E-state index in [1.807, 2.05) is 0 Å². The van der Waals surface area contributed by atoms with E-state index in [0.29, 0.717) is 0 Å². The molecule has 0 aliphatic carbocycles. The van der Waals surface area contributed by atoms with Crippen LogP contribution < -0.4 is 5.32 Å². The summed E-state index contributed by atoms with van der Waals surface area (Å²) in [7, 11) is 0. The molecule has 0 aliphatic heterocycles. The van der Waals surface area contributed by atoms with Crippen LogP contribution in [0.1, 0.15) is 11.1 Å². The number of aromatic nitrogens is 1. The van der Waals surface area contributed by atoms with Crippen LogP contribution >= 0.6 is 0 Å². The molecule has 5 rings (SSSR count). The van der Waals surface area contributed by atoms with Gasteiger partial charge in [-0.3, -0.25) is 0 Å². The molecule has 2 heteroatoms. The monoisotopic (exact) mass is 362 g/mol. The van der Waals surface area contributed by atoms with Gasteiger partial charge in [0.15, 0.2) is 0 Å². The van der Waals surface area contributed by atoms with Crippen molar-refractivity contribution >= 4 is 21.8 Å². The molecule has 0 saturated carbocycles. The third kappa shape index (κ3) is 3.08. The number of rotatable bonds is 5. The second-order valence-corrected chi connectivity index (χ2v) is 7.13. The fourth-order valence-corrected chi connectivity index (χ4v) is 3.91. The van der Waals surface area contributed by atoms with Crippen LogP contribution in [0.15, 0.2) is 103 Å². The standard InChI is InChI=1S/C26H22N2/c1-2-8-20(9-3-1)18-27-19-21-14-16-22(17-15-21)28-25-12-6-4-10-23(25)24-11-5-7-13-26(24)28/h1-17,27H,18-19H2. The zero-order chi connectivity index (χ0) is 18.8. The highest BCUT2D eigenvalue weighted by atomic mass is 15.0. The summed E-state index contributed by atoms with van der Waals surface area (Å²) in [6.07, 6.45) is 0. The average Bonchev–Trinajstić information content (AvgIpc) is 3.10. The van der Waals surface area contributed by atoms with Crippen molar-refractivity contribution in [1.82, 2.24) is 9.88 Å². The molecule has 0 radical (unpaired) electrons. The average molecular weight is 362 g/mol. The predicted octanol–water partition coefficient (Wildman–Crippen LogP) is 6.07. The summed E-state index contributed by atoms with van der Waals surface area (Å²) in [5.41, 5.74) is 6.30. The Morgan fingerprint density at radius 3 is 1.61 bits per heavy atom. The predicted molar refractivity (Wildman–Crippen MR) is 118 cm³/mol. The second kappa shape index (κ2) is 7.34. The van der Waals surface area contributed by atoms with Crippen molar-refractivity contribution in [1.29, 1.82) is 0 Å². The second-order valence-electron chi connectivity index (χ2n) is 7.13. The lowest BCUT2D eigenvalue weighted by atomic mass is 10.2. The van der Waals surface area contributed by atoms with Gasteiger partial charge in [0.25, 0.3) is 0 Å². The van der Waals surface area contributed by atoms with Gasteiger partial charge < -0.3 is 9.88 Å². The first kappa shape index (κ1) is 16.8. The van der Waals surface area contributed by atoms with Crippen LogP contribution in [0.3, 0.4) is 0 Å². The Morgan fingerprint density at radius 2 is 1.00 bits per heavy atom. The normalized spacial score (nSPS) is 11.3. The molecule has 2 nitrogen and oxygen atoms in total. The lowest BCUT2D eigenvalue weighted by Gasteiger charge is -2.10. The van der Waals surface area contributed by atoms with E-state index in [1.165, 1.54) is 38.6 Å². The first-order chi connectivity index (χ1) is 13.9. The van der Waals surface area contributed by atoms with Crippen molar-refractivity contribution < 1.29 is 0 Å². The molecule has 0 fully saturated rings. The maximum atomic E-state index is 3.52. The Labute approximate surface area is 165 Å². The van der Waals surface area contributed by atoms with E-state index in [9.17, 15) is 0 Å². The number of hydrogen-bond acceptors (Lipinski definition) is 1. The van der Waals surface area contributed by atoms with Crippen LogP contribution in [0, 0.1) is 0 Å². The zero-order valence-corrected chi connectivity index (χ0v) is 15.7. The third-order valence-electron chi connectivity index (χ3n) is 5.28. The Morgan fingerprint density at radius 1 is 0.500 bits per heavy atom. The first-order valence-electron chi connectivity index (χ1n) is 9.72. The Bertz CT molecular complexity index is 1160. The van der Waals surface area contributed by atoms with Gasteiger partial charge in [-0.1, -0.05) is 78.9 Å². The van der Waals surface area contributed by atoms with Gasteiger partial charge in [0, 0.05) is 29.5 Å². The molecule has 0 aliphatic rings. The van der Waals surface area contributed by atoms with Crippen molar-refractivity contribution in [2.24, 2.45) is 0 Å². The van der Waals surface area contributed by atoms with Crippen molar-refractivity contribution in [3.8, 4) is 5.69 Å². The van der Waals surface area contributed by atoms with E-state index in [1.54, 1.807) is 0 Å². The molecule has 0 saturated heterocycles. The first-order valence-corrected chi connectivity index (χ1v) is 9.72. The highest BCUT2D eigenvalue weighted by Crippen LogP contribution is 2.31. The number of para-hydroxylation sites is 2. The van der Waals surface area contributed by atoms with Crippen LogP contribution in [0.5, 0.6) is 0 Å². The number of nitrogens with zero attached hydrogens (tertiary/aromatic N) is 1. The molecule has 1 aromatic heterocycles. The maximum absolute atomic E-state index is 3.52. The zero-order valence-electron chi connectivity index (χ0n) is 15.7. The van der Waals surface area contributed by atoms with E-state index < -0.39 is 0 Å². The smallest absolute Gasteiger partial charge is 0.0541 e. The minimum atomic E-state index is 0.863. The Hall–Kier alpha value is -3.36. The van der Waals surface area contributed by atoms with Crippen molar-refractivity contribution in [3.63, 3.8) is 0 Å². The molecule has 0 spiro atoms. The van der Waals surface area contributed by atoms with Gasteiger partial charge in [-0.25, -0.2) is 0 Å². The largest absolute Gasteiger partial charge is 0.309 e. The van der Waals surface area contributed by atoms with Gasteiger partial charge in [-0.2, -0.15) is 0 Å². The lowest BCUT2D eigenvalue weighted by molar-refractivity contribution is 0.693. The van der Waals surface area contributed by atoms with Gasteiger partial charge >= 0.3 is 0 Å². The minimum Gasteiger partial charge on any atom is -0.309 e. The fourth-order valence-electron chi connectivity index (χ4n) is 3.91. The molecule has 28 heavy (non-hydrogen) atoms. The SMILES string of the molecule is c1ccc(CNCc2ccc(-n3c4ccccc4c4ccccc43)cc2)cc1. The van der Waals surface area contributed by atoms with E-state index in [0.717, 1.165) is 13.1 Å². The summed E-state index contributed by atoms with van der Waals surface area (Å²) in [6.45, 7) is 1.75. The van der Waals surface area contributed by atoms with E-state index in [2.05, 4.69) is 113 Å². The van der Waals surface area contributed by atoms with Crippen LogP contribution in [0.4, 0.5) is 0 Å². The highest BCUT2D eigenvalue weighted by Gasteiger charge is 2.10. The van der Waals surface area contributed by atoms with Crippen LogP contribution in [0.25, 0.3) is 27.5 Å². The molecular formula is C26H22N2. The van der Waals surface area contributed by atoms with Crippen LogP contribution in [0.2, 0.25) is 0 Å². The molecule has 4 aromatic carbocycles. The van der Waals surface area contributed by atoms with E-state index in [4.69, 9.17) is 0 Å². The summed E-state index contributed by atoms with van der Waals surface area (Å²) < 4.78 is 2.35. The summed E-state index contributed by atoms with van der Waals surface area (Å²) in [5, 5.41) is 6.12. The topological polar surface area (TPSA) is 17.0 Å². The van der Waals surface area contributed by atoms with Crippen molar-refractivity contribution in [2.75, 3.05) is 0 Å². The van der Waals surface area contributed by atoms with Gasteiger partial charge in [-0.05, 0) is 35.4 Å². The van der Waals surface area contributed by atoms with Gasteiger partial charge in [-0.15, -0.1) is 0 Å². The highest BCUT2D eigenvalue weighted by molar-refractivity contribution is 6.09. The van der Waals surface area contributed by atoms with Crippen molar-refractivity contribution in [3.05, 3.63) is 114 Å². The Balaban J connectivity index is 1.43. The van der Waals surface area contributed by atoms with Gasteiger partial charge in [0.05, 0.1) is 11.0 Å². The molecule has 5 aromatic rings. The quantitative estimate of drug-likeness (QED) is 0.401. The maximum Gasteiger partial charge on any atom is 0.0541 e. The third-order valence-corrected chi connectivity index (χ3v) is 5.28. The van der Waals surface area contributed by atoms with Crippen molar-refractivity contribution in [2.45, 2.75) is 13.1 Å². The molecule has 0 amide bonds. The van der Waals surface area contributed by atoms with Gasteiger partial charge in [0.2, 0.25) is 0 Å². The number of nitrogens with one attached hydrogen (secondary N) is 1. The minimum absolute atomic E-state index is 0.863. The number of fused-ring (bicyclic) bond motifs is 3.